The van der Waals surface area contributed by atoms with E-state index in [4.69, 9.17) is 15.1 Å². The Balaban J connectivity index is 1.68. The number of halogens is 6. The lowest BCUT2D eigenvalue weighted by Gasteiger charge is -2.30. The largest absolute Gasteiger partial charge is 0.481 e. The van der Waals surface area contributed by atoms with Gasteiger partial charge in [-0.15, -0.1) is 0 Å². The quantitative estimate of drug-likeness (QED) is 0.219. The fraction of sp³-hybridized carbons (Fsp3) is 0.393. The molecule has 0 unspecified atom stereocenters. The molecule has 5 nitrogen and oxygen atoms in total. The molecule has 39 heavy (non-hydrogen) atoms. The summed E-state index contributed by atoms with van der Waals surface area (Å²) in [6.07, 6.45) is -4.48. The zero-order chi connectivity index (χ0) is 28.2. The number of alkyl halides is 6. The minimum atomic E-state index is -4.52. The molecule has 0 saturated heterocycles. The van der Waals surface area contributed by atoms with Crippen molar-refractivity contribution < 1.29 is 36.2 Å². The fourth-order valence-corrected chi connectivity index (χ4v) is 4.61. The molecule has 0 amide bonds. The van der Waals surface area contributed by atoms with Crippen LogP contribution in [0.4, 0.5) is 32.2 Å². The van der Waals surface area contributed by atoms with E-state index >= 15 is 0 Å². The van der Waals surface area contributed by atoms with Crippen LogP contribution in [0.2, 0.25) is 0 Å². The lowest BCUT2D eigenvalue weighted by Crippen LogP contribution is -2.32. The van der Waals surface area contributed by atoms with E-state index in [0.29, 0.717) is 54.3 Å². The van der Waals surface area contributed by atoms with E-state index in [1.54, 1.807) is 0 Å². The monoisotopic (exact) mass is 551 g/mol. The third kappa shape index (κ3) is 7.07. The first kappa shape index (κ1) is 28.4. The molecule has 0 atom stereocenters. The summed E-state index contributed by atoms with van der Waals surface area (Å²) in [4.78, 5) is 22.4. The number of carbonyl (C=O) groups is 1. The summed E-state index contributed by atoms with van der Waals surface area (Å²) in [6.45, 7) is 1.36. The summed E-state index contributed by atoms with van der Waals surface area (Å²) in [6, 6.07) is 8.97. The number of benzene rings is 2. The summed E-state index contributed by atoms with van der Waals surface area (Å²) in [5.74, 6) is -0.216. The number of aliphatic carboxylic acids is 1. The number of nitrogens with zero attached hydrogens (tertiary/aromatic N) is 3. The van der Waals surface area contributed by atoms with Crippen LogP contribution in [-0.4, -0.2) is 34.1 Å². The predicted molar refractivity (Wildman–Crippen MR) is 134 cm³/mol. The van der Waals surface area contributed by atoms with Crippen molar-refractivity contribution in [2.45, 2.75) is 57.3 Å². The Labute approximate surface area is 221 Å². The van der Waals surface area contributed by atoms with Gasteiger partial charge in [0, 0.05) is 30.6 Å². The van der Waals surface area contributed by atoms with Crippen LogP contribution in [0, 0.1) is 0 Å². The molecule has 0 bridgehead atoms. The highest BCUT2D eigenvalue weighted by Crippen LogP contribution is 2.38. The van der Waals surface area contributed by atoms with Gasteiger partial charge in [0.15, 0.2) is 5.82 Å². The van der Waals surface area contributed by atoms with Crippen LogP contribution in [0.25, 0.3) is 22.5 Å². The van der Waals surface area contributed by atoms with Gasteiger partial charge < -0.3 is 10.0 Å². The van der Waals surface area contributed by atoms with E-state index in [9.17, 15) is 31.1 Å². The minimum Gasteiger partial charge on any atom is -0.481 e. The molecule has 2 heterocycles. The number of unbranched alkanes of at least 4 members (excludes halogenated alkanes) is 3. The van der Waals surface area contributed by atoms with Crippen LogP contribution in [0.3, 0.4) is 0 Å². The second-order valence-electron chi connectivity index (χ2n) is 9.49. The average molecular weight is 552 g/mol. The molecule has 0 radical (unpaired) electrons. The van der Waals surface area contributed by atoms with Crippen molar-refractivity contribution in [3.8, 4) is 22.5 Å². The number of hydrogen-bond acceptors (Lipinski definition) is 4. The maximum absolute atomic E-state index is 13.2. The fourth-order valence-electron chi connectivity index (χ4n) is 4.61. The van der Waals surface area contributed by atoms with Gasteiger partial charge in [-0.3, -0.25) is 4.79 Å². The Kier molecular flexibility index (Phi) is 8.46. The summed E-state index contributed by atoms with van der Waals surface area (Å²) in [7, 11) is 0. The van der Waals surface area contributed by atoms with Crippen LogP contribution in [0.1, 0.15) is 55.3 Å². The number of anilines is 1. The molecule has 1 N–H and O–H groups in total. The number of carboxylic acid groups (broad SMARTS) is 1. The van der Waals surface area contributed by atoms with Gasteiger partial charge in [0.05, 0.1) is 28.2 Å². The molecule has 3 aromatic rings. The lowest BCUT2D eigenvalue weighted by molar-refractivity contribution is -0.138. The zero-order valence-electron chi connectivity index (χ0n) is 20.9. The normalized spacial score (nSPS) is 13.8. The second kappa shape index (κ2) is 11.6. The summed E-state index contributed by atoms with van der Waals surface area (Å²) in [5.41, 5.74) is 0.378. The molecule has 11 heteroatoms. The SMILES string of the molecule is O=C(O)CCCCCCN1CCCc2nc(-c3ccc(C(F)(F)F)cc3)c(-c3ccc(C(F)(F)F)cc3)nc21. The standard InChI is InChI=1S/C28H27F6N3O2/c29-27(30,31)20-12-8-18(9-13-20)24-25(19-10-14-21(15-11-19)28(32,33)34)36-26-22(35-24)6-5-17-37(26)16-4-2-1-3-7-23(38)39/h8-15H,1-7,16-17H2,(H,38,39). The van der Waals surface area contributed by atoms with E-state index in [0.717, 1.165) is 49.9 Å². The van der Waals surface area contributed by atoms with Crippen LogP contribution in [0.5, 0.6) is 0 Å². The Morgan fingerprint density at radius 2 is 1.28 bits per heavy atom. The molecule has 208 valence electrons. The molecule has 1 aliphatic rings. The van der Waals surface area contributed by atoms with Crippen molar-refractivity contribution in [1.29, 1.82) is 0 Å². The second-order valence-corrected chi connectivity index (χ2v) is 9.49. The summed E-state index contributed by atoms with van der Waals surface area (Å²) in [5, 5.41) is 8.78. The highest BCUT2D eigenvalue weighted by molar-refractivity contribution is 5.80. The number of fused-ring (bicyclic) bond motifs is 1. The topological polar surface area (TPSA) is 66.3 Å². The third-order valence-corrected chi connectivity index (χ3v) is 6.63. The van der Waals surface area contributed by atoms with Crippen molar-refractivity contribution in [3.05, 3.63) is 65.4 Å². The van der Waals surface area contributed by atoms with Crippen molar-refractivity contribution >= 4 is 11.8 Å². The molecular formula is C28H27F6N3O2. The van der Waals surface area contributed by atoms with E-state index in [-0.39, 0.29) is 12.1 Å². The molecular weight excluding hydrogens is 524 g/mol. The van der Waals surface area contributed by atoms with Crippen LogP contribution in [-0.2, 0) is 23.6 Å². The Bertz CT molecular complexity index is 1290. The van der Waals surface area contributed by atoms with Gasteiger partial charge >= 0.3 is 18.3 Å². The molecule has 0 saturated carbocycles. The van der Waals surface area contributed by atoms with Crippen molar-refractivity contribution in [2.75, 3.05) is 18.0 Å². The zero-order valence-corrected chi connectivity index (χ0v) is 20.9. The molecule has 0 aliphatic carbocycles. The number of hydrogen-bond donors (Lipinski definition) is 1. The van der Waals surface area contributed by atoms with E-state index < -0.39 is 29.4 Å². The van der Waals surface area contributed by atoms with Crippen LogP contribution in [0.15, 0.2) is 48.5 Å². The van der Waals surface area contributed by atoms with Gasteiger partial charge in [-0.1, -0.05) is 37.1 Å². The number of aromatic nitrogens is 2. The maximum atomic E-state index is 13.2. The molecule has 1 aliphatic heterocycles. The third-order valence-electron chi connectivity index (χ3n) is 6.63. The van der Waals surface area contributed by atoms with Gasteiger partial charge in [-0.2, -0.15) is 26.3 Å². The van der Waals surface area contributed by atoms with Crippen molar-refractivity contribution in [2.24, 2.45) is 0 Å². The Morgan fingerprint density at radius 3 is 1.79 bits per heavy atom. The number of carboxylic acids is 1. The van der Waals surface area contributed by atoms with E-state index in [2.05, 4.69) is 4.90 Å². The van der Waals surface area contributed by atoms with Gasteiger partial charge in [0.25, 0.3) is 0 Å². The van der Waals surface area contributed by atoms with Gasteiger partial charge in [-0.05, 0) is 49.9 Å². The summed E-state index contributed by atoms with van der Waals surface area (Å²) < 4.78 is 78.8. The van der Waals surface area contributed by atoms with Crippen molar-refractivity contribution in [3.63, 3.8) is 0 Å². The average Bonchev–Trinajstić information content (AvgIpc) is 2.89. The molecule has 1 aromatic heterocycles. The number of aryl methyl sites for hydroxylation is 1. The highest BCUT2D eigenvalue weighted by Gasteiger charge is 2.32. The molecule has 2 aromatic carbocycles. The first-order valence-corrected chi connectivity index (χ1v) is 12.7. The lowest BCUT2D eigenvalue weighted by atomic mass is 10.00. The summed E-state index contributed by atoms with van der Waals surface area (Å²) >= 11 is 0. The highest BCUT2D eigenvalue weighted by atomic mass is 19.4. The van der Waals surface area contributed by atoms with E-state index in [1.165, 1.54) is 24.3 Å². The molecule has 0 fully saturated rings. The van der Waals surface area contributed by atoms with Crippen LogP contribution >= 0.6 is 0 Å². The smallest absolute Gasteiger partial charge is 0.416 e. The van der Waals surface area contributed by atoms with Gasteiger partial charge in [0.1, 0.15) is 0 Å². The first-order chi connectivity index (χ1) is 18.4. The van der Waals surface area contributed by atoms with E-state index in [1.807, 2.05) is 0 Å². The molecule has 0 spiro atoms. The Morgan fingerprint density at radius 1 is 0.769 bits per heavy atom. The van der Waals surface area contributed by atoms with Gasteiger partial charge in [0.2, 0.25) is 0 Å². The molecule has 4 rings (SSSR count). The predicted octanol–water partition coefficient (Wildman–Crippen LogP) is 7.64. The first-order valence-electron chi connectivity index (χ1n) is 12.7. The van der Waals surface area contributed by atoms with Crippen molar-refractivity contribution in [1.82, 2.24) is 9.97 Å². The van der Waals surface area contributed by atoms with Gasteiger partial charge in [-0.25, -0.2) is 9.97 Å². The Hall–Kier alpha value is -3.63. The number of rotatable bonds is 9. The minimum absolute atomic E-state index is 0.126. The van der Waals surface area contributed by atoms with Crippen LogP contribution < -0.4 is 4.90 Å². The maximum Gasteiger partial charge on any atom is 0.416 e.